The second-order valence-corrected chi connectivity index (χ2v) is 4.57. The van der Waals surface area contributed by atoms with E-state index in [9.17, 15) is 0 Å². The Bertz CT molecular complexity index is 63.9. The fourth-order valence-electron chi connectivity index (χ4n) is 0.415. The first-order valence-corrected chi connectivity index (χ1v) is 4.91. The minimum atomic E-state index is 0.326. The van der Waals surface area contributed by atoms with Crippen LogP contribution in [0.2, 0.25) is 0 Å². The van der Waals surface area contributed by atoms with E-state index in [0.29, 0.717) is 4.71 Å². The normalized spacial score (nSPS) is 14.3. The van der Waals surface area contributed by atoms with Crippen molar-refractivity contribution in [1.82, 2.24) is 0 Å². The van der Waals surface area contributed by atoms with Crippen molar-refractivity contribution in [2.24, 2.45) is 5.92 Å². The van der Waals surface area contributed by atoms with E-state index in [0.717, 1.165) is 12.3 Å². The summed E-state index contributed by atoms with van der Waals surface area (Å²) in [5.74, 6) is 1.95. The van der Waals surface area contributed by atoms with E-state index in [1.807, 2.05) is 11.8 Å². The third kappa shape index (κ3) is 6.53. The first-order chi connectivity index (χ1) is 4.16. The Kier molecular flexibility index (Phi) is 5.81. The van der Waals surface area contributed by atoms with Crippen LogP contribution in [0.25, 0.3) is 0 Å². The molecule has 0 heterocycles. The predicted octanol–water partition coefficient (Wildman–Crippen LogP) is 3.35. The molecule has 0 aromatic heterocycles. The third-order valence-corrected chi connectivity index (χ3v) is 3.17. The monoisotopic (exact) mass is 166 g/mol. The fourth-order valence-corrected chi connectivity index (χ4v) is 1.46. The Morgan fingerprint density at radius 3 is 2.33 bits per heavy atom. The van der Waals surface area contributed by atoms with Crippen LogP contribution in [-0.2, 0) is 0 Å². The van der Waals surface area contributed by atoms with Crippen LogP contribution in [0.1, 0.15) is 27.2 Å². The van der Waals surface area contributed by atoms with Crippen LogP contribution in [0.3, 0.4) is 0 Å². The third-order valence-electron chi connectivity index (χ3n) is 0.931. The largest absolute Gasteiger partial charge is 0.142 e. The van der Waals surface area contributed by atoms with E-state index in [2.05, 4.69) is 20.8 Å². The van der Waals surface area contributed by atoms with Gasteiger partial charge in [0.2, 0.25) is 0 Å². The van der Waals surface area contributed by atoms with Gasteiger partial charge in [0.1, 0.15) is 0 Å². The summed E-state index contributed by atoms with van der Waals surface area (Å²) in [4.78, 5) is 0. The van der Waals surface area contributed by atoms with Crippen molar-refractivity contribution in [2.45, 2.75) is 31.9 Å². The molecule has 2 heteroatoms. The molecular formula is C7H15ClS. The maximum Gasteiger partial charge on any atom is 0.0786 e. The number of rotatable bonds is 4. The summed E-state index contributed by atoms with van der Waals surface area (Å²) in [5.41, 5.74) is 0. The topological polar surface area (TPSA) is 0 Å². The number of halogens is 1. The quantitative estimate of drug-likeness (QED) is 0.578. The van der Waals surface area contributed by atoms with E-state index in [-0.39, 0.29) is 0 Å². The predicted molar refractivity (Wildman–Crippen MR) is 47.2 cm³/mol. The minimum absolute atomic E-state index is 0.326. The standard InChI is InChI=1S/C7H15ClS/c1-4-7(8)9-5-6(2)3/h6-7H,4-5H2,1-3H3. The number of thioether (sulfide) groups is 1. The molecule has 0 nitrogen and oxygen atoms in total. The lowest BCUT2D eigenvalue weighted by molar-refractivity contribution is 0.749. The van der Waals surface area contributed by atoms with Crippen molar-refractivity contribution in [3.63, 3.8) is 0 Å². The van der Waals surface area contributed by atoms with Crippen LogP contribution in [0.15, 0.2) is 0 Å². The van der Waals surface area contributed by atoms with Crippen LogP contribution in [0.5, 0.6) is 0 Å². The summed E-state index contributed by atoms with van der Waals surface area (Å²) in [5, 5.41) is 0. The van der Waals surface area contributed by atoms with E-state index < -0.39 is 0 Å². The molecule has 0 aliphatic carbocycles. The first-order valence-electron chi connectivity index (χ1n) is 3.42. The highest BCUT2D eigenvalue weighted by molar-refractivity contribution is 8.01. The molecule has 0 rings (SSSR count). The van der Waals surface area contributed by atoms with Crippen LogP contribution < -0.4 is 0 Å². The van der Waals surface area contributed by atoms with Gasteiger partial charge in [-0.2, -0.15) is 0 Å². The average Bonchev–Trinajstić information content (AvgIpc) is 1.83. The smallest absolute Gasteiger partial charge is 0.0786 e. The number of hydrogen-bond donors (Lipinski definition) is 0. The molecule has 0 amide bonds. The van der Waals surface area contributed by atoms with Crippen LogP contribution >= 0.6 is 23.4 Å². The Hall–Kier alpha value is 0.640. The highest BCUT2D eigenvalue weighted by atomic mass is 35.5. The molecule has 0 aliphatic heterocycles. The molecule has 0 aromatic rings. The van der Waals surface area contributed by atoms with Gasteiger partial charge in [0, 0.05) is 0 Å². The van der Waals surface area contributed by atoms with E-state index in [4.69, 9.17) is 11.6 Å². The maximum atomic E-state index is 5.87. The summed E-state index contributed by atoms with van der Waals surface area (Å²) in [6.45, 7) is 6.55. The molecule has 1 atom stereocenters. The minimum Gasteiger partial charge on any atom is -0.142 e. The molecule has 0 saturated heterocycles. The lowest BCUT2D eigenvalue weighted by atomic mass is 10.3. The molecule has 9 heavy (non-hydrogen) atoms. The van der Waals surface area contributed by atoms with Gasteiger partial charge in [-0.1, -0.05) is 20.8 Å². The SMILES string of the molecule is CCC(Cl)SCC(C)C. The molecule has 0 bridgehead atoms. The van der Waals surface area contributed by atoms with Gasteiger partial charge in [0.05, 0.1) is 4.71 Å². The molecule has 0 radical (unpaired) electrons. The van der Waals surface area contributed by atoms with Crippen molar-refractivity contribution in [1.29, 1.82) is 0 Å². The molecule has 56 valence electrons. The Morgan fingerprint density at radius 2 is 2.00 bits per heavy atom. The maximum absolute atomic E-state index is 5.87. The molecule has 1 unspecified atom stereocenters. The van der Waals surface area contributed by atoms with E-state index in [1.54, 1.807) is 0 Å². The summed E-state index contributed by atoms with van der Waals surface area (Å²) in [7, 11) is 0. The molecule has 0 saturated carbocycles. The fraction of sp³-hybridized carbons (Fsp3) is 1.00. The van der Waals surface area contributed by atoms with Gasteiger partial charge in [-0.15, -0.1) is 23.4 Å². The molecule has 0 aromatic carbocycles. The summed E-state index contributed by atoms with van der Waals surface area (Å²) >= 11 is 7.72. The molecule has 0 fully saturated rings. The van der Waals surface area contributed by atoms with E-state index >= 15 is 0 Å². The number of alkyl halides is 1. The van der Waals surface area contributed by atoms with Gasteiger partial charge < -0.3 is 0 Å². The van der Waals surface area contributed by atoms with Gasteiger partial charge in [-0.3, -0.25) is 0 Å². The zero-order valence-electron chi connectivity index (χ0n) is 6.36. The van der Waals surface area contributed by atoms with Crippen molar-refractivity contribution in [2.75, 3.05) is 5.75 Å². The van der Waals surface area contributed by atoms with E-state index in [1.165, 1.54) is 5.75 Å². The van der Waals surface area contributed by atoms with Gasteiger partial charge in [0.15, 0.2) is 0 Å². The zero-order chi connectivity index (χ0) is 7.28. The molecular weight excluding hydrogens is 152 g/mol. The Labute approximate surface area is 67.4 Å². The summed E-state index contributed by atoms with van der Waals surface area (Å²) in [6, 6.07) is 0. The van der Waals surface area contributed by atoms with Crippen LogP contribution in [-0.4, -0.2) is 10.5 Å². The molecule has 0 aliphatic rings. The average molecular weight is 167 g/mol. The summed E-state index contributed by atoms with van der Waals surface area (Å²) in [6.07, 6.45) is 1.07. The Balaban J connectivity index is 3.06. The second-order valence-electron chi connectivity index (χ2n) is 2.55. The molecule has 0 N–H and O–H groups in total. The van der Waals surface area contributed by atoms with Gasteiger partial charge in [-0.25, -0.2) is 0 Å². The van der Waals surface area contributed by atoms with Gasteiger partial charge >= 0.3 is 0 Å². The highest BCUT2D eigenvalue weighted by Crippen LogP contribution is 2.20. The van der Waals surface area contributed by atoms with Crippen LogP contribution in [0, 0.1) is 5.92 Å². The second kappa shape index (κ2) is 5.43. The van der Waals surface area contributed by atoms with Crippen molar-refractivity contribution < 1.29 is 0 Å². The van der Waals surface area contributed by atoms with Gasteiger partial charge in [0.25, 0.3) is 0 Å². The van der Waals surface area contributed by atoms with Crippen molar-refractivity contribution in [3.05, 3.63) is 0 Å². The number of hydrogen-bond acceptors (Lipinski definition) is 1. The zero-order valence-corrected chi connectivity index (χ0v) is 7.93. The van der Waals surface area contributed by atoms with Crippen LogP contribution in [0.4, 0.5) is 0 Å². The summed E-state index contributed by atoms with van der Waals surface area (Å²) < 4.78 is 0.326. The highest BCUT2D eigenvalue weighted by Gasteiger charge is 2.01. The van der Waals surface area contributed by atoms with Crippen molar-refractivity contribution >= 4 is 23.4 Å². The lowest BCUT2D eigenvalue weighted by Crippen LogP contribution is -1.96. The lowest BCUT2D eigenvalue weighted by Gasteiger charge is -2.07. The molecule has 0 spiro atoms. The van der Waals surface area contributed by atoms with Gasteiger partial charge in [-0.05, 0) is 18.1 Å². The first kappa shape index (κ1) is 9.64. The Morgan fingerprint density at radius 1 is 1.44 bits per heavy atom. The van der Waals surface area contributed by atoms with Crippen molar-refractivity contribution in [3.8, 4) is 0 Å².